The van der Waals surface area contributed by atoms with Crippen LogP contribution in [-0.4, -0.2) is 19.5 Å². The van der Waals surface area contributed by atoms with E-state index in [-0.39, 0.29) is 5.91 Å². The Labute approximate surface area is 168 Å². The van der Waals surface area contributed by atoms with E-state index < -0.39 is 0 Å². The van der Waals surface area contributed by atoms with Gasteiger partial charge in [-0.05, 0) is 60.3 Å². The Morgan fingerprint density at radius 3 is 2.71 bits per heavy atom. The van der Waals surface area contributed by atoms with Crippen LogP contribution in [0.15, 0.2) is 71.1 Å². The van der Waals surface area contributed by atoms with Gasteiger partial charge in [-0.25, -0.2) is 0 Å². The van der Waals surface area contributed by atoms with Crippen LogP contribution in [0.25, 0.3) is 21.4 Å². The van der Waals surface area contributed by atoms with E-state index in [0.717, 1.165) is 45.0 Å². The Bertz CT molecular complexity index is 1080. The standard InChI is InChI=1S/C23H22N2O2S/c1-24-23(26)22-14-18-13-17(7-10-21(18)28-22)20-9-8-19(27-20)15-25-12-11-16-5-3-2-4-6-16/h2-10,13-14,25H,11-12,15H2,1H3,(H,24,26). The van der Waals surface area contributed by atoms with Crippen molar-refractivity contribution in [2.24, 2.45) is 0 Å². The molecule has 0 fully saturated rings. The second-order valence-electron chi connectivity index (χ2n) is 6.62. The zero-order chi connectivity index (χ0) is 19.3. The van der Waals surface area contributed by atoms with Crippen molar-refractivity contribution in [1.29, 1.82) is 0 Å². The number of hydrogen-bond donors (Lipinski definition) is 2. The molecule has 0 aliphatic heterocycles. The van der Waals surface area contributed by atoms with Crippen LogP contribution in [0.5, 0.6) is 0 Å². The summed E-state index contributed by atoms with van der Waals surface area (Å²) in [6, 6.07) is 22.5. The second kappa shape index (κ2) is 8.42. The molecule has 2 aromatic heterocycles. The third-order valence-electron chi connectivity index (χ3n) is 4.65. The maximum atomic E-state index is 11.8. The van der Waals surface area contributed by atoms with Crippen LogP contribution in [0.3, 0.4) is 0 Å². The molecule has 0 unspecified atom stereocenters. The highest BCUT2D eigenvalue weighted by molar-refractivity contribution is 7.20. The number of rotatable bonds is 7. The van der Waals surface area contributed by atoms with Gasteiger partial charge in [-0.1, -0.05) is 30.3 Å². The van der Waals surface area contributed by atoms with Crippen LogP contribution in [0.2, 0.25) is 0 Å². The maximum absolute atomic E-state index is 11.8. The summed E-state index contributed by atoms with van der Waals surface area (Å²) >= 11 is 1.50. The van der Waals surface area contributed by atoms with Crippen LogP contribution >= 0.6 is 11.3 Å². The Balaban J connectivity index is 1.40. The van der Waals surface area contributed by atoms with Gasteiger partial charge in [0.15, 0.2) is 0 Å². The molecule has 0 spiro atoms. The zero-order valence-corrected chi connectivity index (χ0v) is 16.5. The van der Waals surface area contributed by atoms with Gasteiger partial charge in [0.05, 0.1) is 11.4 Å². The third-order valence-corrected chi connectivity index (χ3v) is 5.76. The predicted octanol–water partition coefficient (Wildman–Crippen LogP) is 4.85. The van der Waals surface area contributed by atoms with Gasteiger partial charge in [0, 0.05) is 17.3 Å². The quantitative estimate of drug-likeness (QED) is 0.443. The summed E-state index contributed by atoms with van der Waals surface area (Å²) in [6.45, 7) is 1.61. The minimum absolute atomic E-state index is 0.0513. The summed E-state index contributed by atoms with van der Waals surface area (Å²) in [6.07, 6.45) is 0.997. The highest BCUT2D eigenvalue weighted by atomic mass is 32.1. The predicted molar refractivity (Wildman–Crippen MR) is 115 cm³/mol. The lowest BCUT2D eigenvalue weighted by atomic mass is 10.1. The monoisotopic (exact) mass is 390 g/mol. The van der Waals surface area contributed by atoms with Gasteiger partial charge in [-0.3, -0.25) is 4.79 Å². The molecule has 2 heterocycles. The molecule has 4 nitrogen and oxygen atoms in total. The summed E-state index contributed by atoms with van der Waals surface area (Å²) in [5.74, 6) is 1.71. The molecule has 0 saturated heterocycles. The van der Waals surface area contributed by atoms with Crippen molar-refractivity contribution in [3.05, 3.63) is 82.9 Å². The molecule has 0 atom stereocenters. The number of benzene rings is 2. The van der Waals surface area contributed by atoms with Crippen molar-refractivity contribution in [1.82, 2.24) is 10.6 Å². The van der Waals surface area contributed by atoms with Crippen LogP contribution < -0.4 is 10.6 Å². The van der Waals surface area contributed by atoms with Crippen molar-refractivity contribution in [3.63, 3.8) is 0 Å². The van der Waals surface area contributed by atoms with E-state index in [0.29, 0.717) is 6.54 Å². The van der Waals surface area contributed by atoms with Gasteiger partial charge in [0.25, 0.3) is 5.91 Å². The van der Waals surface area contributed by atoms with Gasteiger partial charge >= 0.3 is 0 Å². The van der Waals surface area contributed by atoms with Gasteiger partial charge in [0.1, 0.15) is 11.5 Å². The highest BCUT2D eigenvalue weighted by Crippen LogP contribution is 2.31. The molecule has 2 aromatic carbocycles. The van der Waals surface area contributed by atoms with Gasteiger partial charge in [0.2, 0.25) is 0 Å². The number of carbonyl (C=O) groups is 1. The first-order chi connectivity index (χ1) is 13.7. The molecule has 142 valence electrons. The molecule has 0 bridgehead atoms. The molecule has 5 heteroatoms. The Morgan fingerprint density at radius 1 is 1.04 bits per heavy atom. The molecule has 4 aromatic rings. The number of thiophene rings is 1. The summed E-state index contributed by atoms with van der Waals surface area (Å²) in [7, 11) is 1.65. The maximum Gasteiger partial charge on any atom is 0.261 e. The fourth-order valence-corrected chi connectivity index (χ4v) is 4.14. The van der Waals surface area contributed by atoms with Crippen molar-refractivity contribution in [3.8, 4) is 11.3 Å². The first-order valence-electron chi connectivity index (χ1n) is 9.32. The number of hydrogen-bond acceptors (Lipinski definition) is 4. The summed E-state index contributed by atoms with van der Waals surface area (Å²) in [5.41, 5.74) is 2.35. The average molecular weight is 391 g/mol. The van der Waals surface area contributed by atoms with E-state index in [1.807, 2.05) is 36.4 Å². The fourth-order valence-electron chi connectivity index (χ4n) is 3.15. The number of carbonyl (C=O) groups excluding carboxylic acids is 1. The third kappa shape index (κ3) is 4.16. The van der Waals surface area contributed by atoms with Crippen LogP contribution in [0.1, 0.15) is 21.0 Å². The Morgan fingerprint density at radius 2 is 1.89 bits per heavy atom. The molecule has 0 radical (unpaired) electrons. The van der Waals surface area contributed by atoms with Crippen molar-refractivity contribution in [2.75, 3.05) is 13.6 Å². The minimum Gasteiger partial charge on any atom is -0.460 e. The lowest BCUT2D eigenvalue weighted by Gasteiger charge is -2.03. The minimum atomic E-state index is -0.0513. The van der Waals surface area contributed by atoms with E-state index in [1.165, 1.54) is 16.9 Å². The van der Waals surface area contributed by atoms with Crippen molar-refractivity contribution < 1.29 is 9.21 Å². The molecule has 4 rings (SSSR count). The zero-order valence-electron chi connectivity index (χ0n) is 15.7. The second-order valence-corrected chi connectivity index (χ2v) is 7.70. The van der Waals surface area contributed by atoms with E-state index in [1.54, 1.807) is 7.05 Å². The molecule has 0 aliphatic carbocycles. The molecular formula is C23H22N2O2S. The Kier molecular flexibility index (Phi) is 5.55. The first-order valence-corrected chi connectivity index (χ1v) is 10.1. The SMILES string of the molecule is CNC(=O)c1cc2cc(-c3ccc(CNCCc4ccccc4)o3)ccc2s1. The molecule has 0 aliphatic rings. The first kappa shape index (κ1) is 18.5. The number of furan rings is 1. The van der Waals surface area contributed by atoms with E-state index >= 15 is 0 Å². The topological polar surface area (TPSA) is 54.3 Å². The summed E-state index contributed by atoms with van der Waals surface area (Å²) in [5, 5.41) is 7.16. The van der Waals surface area contributed by atoms with Crippen LogP contribution in [-0.2, 0) is 13.0 Å². The average Bonchev–Trinajstić information content (AvgIpc) is 3.38. The van der Waals surface area contributed by atoms with E-state index in [9.17, 15) is 4.79 Å². The molecule has 1 amide bonds. The summed E-state index contributed by atoms with van der Waals surface area (Å²) in [4.78, 5) is 12.6. The molecule has 0 saturated carbocycles. The van der Waals surface area contributed by atoms with Crippen LogP contribution in [0, 0.1) is 0 Å². The number of amides is 1. The lowest BCUT2D eigenvalue weighted by Crippen LogP contribution is -2.16. The molecule has 28 heavy (non-hydrogen) atoms. The number of fused-ring (bicyclic) bond motifs is 1. The Hall–Kier alpha value is -2.89. The van der Waals surface area contributed by atoms with Crippen molar-refractivity contribution >= 4 is 27.3 Å². The molecule has 2 N–H and O–H groups in total. The van der Waals surface area contributed by atoms with E-state index in [2.05, 4.69) is 41.0 Å². The van der Waals surface area contributed by atoms with Gasteiger partial charge < -0.3 is 15.1 Å². The van der Waals surface area contributed by atoms with Gasteiger partial charge in [-0.2, -0.15) is 0 Å². The van der Waals surface area contributed by atoms with Crippen molar-refractivity contribution in [2.45, 2.75) is 13.0 Å². The molecular weight excluding hydrogens is 368 g/mol. The normalized spacial score (nSPS) is 11.0. The smallest absolute Gasteiger partial charge is 0.261 e. The fraction of sp³-hybridized carbons (Fsp3) is 0.174. The number of nitrogens with one attached hydrogen (secondary N) is 2. The lowest BCUT2D eigenvalue weighted by molar-refractivity contribution is 0.0967. The van der Waals surface area contributed by atoms with E-state index in [4.69, 9.17) is 4.42 Å². The van der Waals surface area contributed by atoms with Gasteiger partial charge in [-0.15, -0.1) is 11.3 Å². The summed E-state index contributed by atoms with van der Waals surface area (Å²) < 4.78 is 7.10. The highest BCUT2D eigenvalue weighted by Gasteiger charge is 2.11. The largest absolute Gasteiger partial charge is 0.460 e. The van der Waals surface area contributed by atoms with Crippen LogP contribution in [0.4, 0.5) is 0 Å².